The minimum atomic E-state index is -0.694. The SMILES string of the molecule is CC(C)(C)OC(=O)NCC(=O)NCc1ccccc1NC(=O)CNC(=O)OC(C)(C)C. The lowest BCUT2D eigenvalue weighted by molar-refractivity contribution is -0.120. The average Bonchev–Trinajstić information content (AvgIpc) is 2.61. The van der Waals surface area contributed by atoms with Crippen molar-refractivity contribution in [2.45, 2.75) is 59.3 Å². The number of hydrogen-bond acceptors (Lipinski definition) is 6. The van der Waals surface area contributed by atoms with Crippen LogP contribution in [0.4, 0.5) is 15.3 Å². The predicted molar refractivity (Wildman–Crippen MR) is 115 cm³/mol. The number of nitrogens with one attached hydrogen (secondary N) is 4. The fourth-order valence-corrected chi connectivity index (χ4v) is 2.18. The monoisotopic (exact) mass is 436 g/mol. The zero-order chi connectivity index (χ0) is 23.7. The van der Waals surface area contributed by atoms with Gasteiger partial charge in [0.05, 0.1) is 0 Å². The number of anilines is 1. The second-order valence-corrected chi connectivity index (χ2v) is 8.69. The Balaban J connectivity index is 2.50. The molecular formula is C21H32N4O6. The molecule has 0 atom stereocenters. The number of ether oxygens (including phenoxy) is 2. The van der Waals surface area contributed by atoms with Gasteiger partial charge in [-0.3, -0.25) is 9.59 Å². The largest absolute Gasteiger partial charge is 0.444 e. The van der Waals surface area contributed by atoms with Crippen molar-refractivity contribution in [3.8, 4) is 0 Å². The Morgan fingerprint density at radius 1 is 0.742 bits per heavy atom. The Morgan fingerprint density at radius 2 is 1.23 bits per heavy atom. The molecule has 0 heterocycles. The Morgan fingerprint density at radius 3 is 1.74 bits per heavy atom. The second-order valence-electron chi connectivity index (χ2n) is 8.69. The molecule has 4 amide bonds. The van der Waals surface area contributed by atoms with Crippen LogP contribution in [-0.2, 0) is 25.6 Å². The Bertz CT molecular complexity index is 796. The van der Waals surface area contributed by atoms with Crippen molar-refractivity contribution in [1.29, 1.82) is 0 Å². The zero-order valence-electron chi connectivity index (χ0n) is 18.9. The second kappa shape index (κ2) is 11.2. The number of alkyl carbamates (subject to hydrolysis) is 2. The number of carbonyl (C=O) groups is 4. The summed E-state index contributed by atoms with van der Waals surface area (Å²) in [6.45, 7) is 9.95. The molecule has 0 spiro atoms. The van der Waals surface area contributed by atoms with Crippen LogP contribution in [-0.4, -0.2) is 48.3 Å². The molecule has 0 aliphatic heterocycles. The first-order valence-corrected chi connectivity index (χ1v) is 9.83. The normalized spacial score (nSPS) is 11.2. The minimum absolute atomic E-state index is 0.130. The summed E-state index contributed by atoms with van der Waals surface area (Å²) in [4.78, 5) is 47.4. The van der Waals surface area contributed by atoms with Crippen molar-refractivity contribution in [3.63, 3.8) is 0 Å². The Labute approximate surface area is 182 Å². The van der Waals surface area contributed by atoms with Gasteiger partial charge in [0.2, 0.25) is 11.8 Å². The maximum absolute atomic E-state index is 12.1. The number of rotatable bonds is 7. The molecule has 0 saturated carbocycles. The standard InChI is InChI=1S/C21H32N4O6/c1-20(2,3)30-18(28)23-12-16(26)22-11-14-9-7-8-10-15(14)25-17(27)13-24-19(29)31-21(4,5)6/h7-10H,11-13H2,1-6H3,(H,22,26)(H,23,28)(H,24,29)(H,25,27). The van der Waals surface area contributed by atoms with Gasteiger partial charge >= 0.3 is 12.2 Å². The van der Waals surface area contributed by atoms with Gasteiger partial charge in [0, 0.05) is 12.2 Å². The topological polar surface area (TPSA) is 135 Å². The molecule has 1 aromatic carbocycles. The van der Waals surface area contributed by atoms with E-state index in [0.29, 0.717) is 11.3 Å². The molecule has 0 aliphatic carbocycles. The average molecular weight is 437 g/mol. The first kappa shape index (κ1) is 25.7. The summed E-state index contributed by atoms with van der Waals surface area (Å²) < 4.78 is 10.1. The fraction of sp³-hybridized carbons (Fsp3) is 0.524. The van der Waals surface area contributed by atoms with Gasteiger partial charge in [-0.05, 0) is 53.2 Å². The van der Waals surface area contributed by atoms with Gasteiger partial charge in [-0.25, -0.2) is 9.59 Å². The fourth-order valence-electron chi connectivity index (χ4n) is 2.18. The van der Waals surface area contributed by atoms with Gasteiger partial charge in [0.25, 0.3) is 0 Å². The van der Waals surface area contributed by atoms with Crippen LogP contribution >= 0.6 is 0 Å². The molecule has 0 bridgehead atoms. The minimum Gasteiger partial charge on any atom is -0.444 e. The quantitative estimate of drug-likeness (QED) is 0.518. The van der Waals surface area contributed by atoms with E-state index in [-0.39, 0.29) is 19.6 Å². The van der Waals surface area contributed by atoms with E-state index in [9.17, 15) is 19.2 Å². The maximum Gasteiger partial charge on any atom is 0.408 e. The van der Waals surface area contributed by atoms with Gasteiger partial charge in [0.1, 0.15) is 24.3 Å². The number of carbonyl (C=O) groups excluding carboxylic acids is 4. The highest BCUT2D eigenvalue weighted by atomic mass is 16.6. The molecule has 0 aliphatic rings. The third-order valence-electron chi connectivity index (χ3n) is 3.35. The highest BCUT2D eigenvalue weighted by Crippen LogP contribution is 2.14. The molecule has 0 radical (unpaired) electrons. The maximum atomic E-state index is 12.1. The van der Waals surface area contributed by atoms with Crippen molar-refractivity contribution >= 4 is 29.7 Å². The van der Waals surface area contributed by atoms with Crippen molar-refractivity contribution < 1.29 is 28.7 Å². The molecule has 172 valence electrons. The van der Waals surface area contributed by atoms with Crippen LogP contribution in [0.25, 0.3) is 0 Å². The summed E-state index contributed by atoms with van der Waals surface area (Å²) in [5.74, 6) is -0.866. The van der Waals surface area contributed by atoms with Crippen molar-refractivity contribution in [2.24, 2.45) is 0 Å². The van der Waals surface area contributed by atoms with E-state index in [4.69, 9.17) is 9.47 Å². The number of benzene rings is 1. The van der Waals surface area contributed by atoms with E-state index in [1.807, 2.05) is 0 Å². The van der Waals surface area contributed by atoms with Crippen molar-refractivity contribution in [1.82, 2.24) is 16.0 Å². The lowest BCUT2D eigenvalue weighted by Gasteiger charge is -2.19. The van der Waals surface area contributed by atoms with E-state index in [1.165, 1.54) is 0 Å². The highest BCUT2D eigenvalue weighted by molar-refractivity contribution is 5.94. The molecule has 10 heteroatoms. The summed E-state index contributed by atoms with van der Waals surface area (Å²) in [6.07, 6.45) is -1.38. The van der Waals surface area contributed by atoms with Gasteiger partial charge < -0.3 is 30.7 Å². The molecule has 0 aromatic heterocycles. The first-order valence-electron chi connectivity index (χ1n) is 9.83. The van der Waals surface area contributed by atoms with Gasteiger partial charge in [-0.1, -0.05) is 18.2 Å². The first-order chi connectivity index (χ1) is 14.2. The van der Waals surface area contributed by atoms with Gasteiger partial charge in [0.15, 0.2) is 0 Å². The molecule has 4 N–H and O–H groups in total. The number of para-hydroxylation sites is 1. The van der Waals surface area contributed by atoms with Crippen LogP contribution < -0.4 is 21.3 Å². The predicted octanol–water partition coefficient (Wildman–Crippen LogP) is 2.29. The molecule has 31 heavy (non-hydrogen) atoms. The van der Waals surface area contributed by atoms with E-state index >= 15 is 0 Å². The Kier molecular flexibility index (Phi) is 9.29. The lowest BCUT2D eigenvalue weighted by atomic mass is 10.1. The molecule has 0 saturated heterocycles. The van der Waals surface area contributed by atoms with Gasteiger partial charge in [-0.15, -0.1) is 0 Å². The lowest BCUT2D eigenvalue weighted by Crippen LogP contribution is -2.39. The molecule has 10 nitrogen and oxygen atoms in total. The highest BCUT2D eigenvalue weighted by Gasteiger charge is 2.18. The van der Waals surface area contributed by atoms with Crippen LogP contribution in [0.1, 0.15) is 47.1 Å². The summed E-state index contributed by atoms with van der Waals surface area (Å²) in [6, 6.07) is 6.89. The summed E-state index contributed by atoms with van der Waals surface area (Å²) in [7, 11) is 0. The van der Waals surface area contributed by atoms with E-state index in [2.05, 4.69) is 21.3 Å². The van der Waals surface area contributed by atoms with Crippen LogP contribution in [0.3, 0.4) is 0 Å². The third kappa shape index (κ3) is 12.1. The number of hydrogen-bond donors (Lipinski definition) is 4. The van der Waals surface area contributed by atoms with Gasteiger partial charge in [-0.2, -0.15) is 0 Å². The summed E-state index contributed by atoms with van der Waals surface area (Å²) >= 11 is 0. The van der Waals surface area contributed by atoms with Crippen LogP contribution in [0, 0.1) is 0 Å². The van der Waals surface area contributed by atoms with E-state index in [1.54, 1.807) is 65.8 Å². The van der Waals surface area contributed by atoms with E-state index in [0.717, 1.165) is 0 Å². The van der Waals surface area contributed by atoms with Crippen LogP contribution in [0.2, 0.25) is 0 Å². The van der Waals surface area contributed by atoms with Crippen LogP contribution in [0.5, 0.6) is 0 Å². The summed E-state index contributed by atoms with van der Waals surface area (Å²) in [5, 5.41) is 10.1. The Hall–Kier alpha value is -3.30. The molecule has 1 aromatic rings. The number of amides is 4. The zero-order valence-corrected chi connectivity index (χ0v) is 18.9. The smallest absolute Gasteiger partial charge is 0.408 e. The molecule has 0 unspecified atom stereocenters. The molecule has 0 fully saturated rings. The van der Waals surface area contributed by atoms with Crippen molar-refractivity contribution in [3.05, 3.63) is 29.8 Å². The molecular weight excluding hydrogens is 404 g/mol. The molecule has 1 rings (SSSR count). The summed E-state index contributed by atoms with van der Waals surface area (Å²) in [5.41, 5.74) is -0.183. The van der Waals surface area contributed by atoms with Crippen molar-refractivity contribution in [2.75, 3.05) is 18.4 Å². The third-order valence-corrected chi connectivity index (χ3v) is 3.35. The van der Waals surface area contributed by atoms with Crippen LogP contribution in [0.15, 0.2) is 24.3 Å². The van der Waals surface area contributed by atoms with E-state index < -0.39 is 35.2 Å².